The van der Waals surface area contributed by atoms with Crippen molar-refractivity contribution in [2.75, 3.05) is 26.4 Å². The Morgan fingerprint density at radius 2 is 1.78 bits per heavy atom. The molecule has 2 aromatic rings. The zero-order chi connectivity index (χ0) is 22.9. The first-order chi connectivity index (χ1) is 15.3. The molecule has 0 aliphatic carbocycles. The smallest absolute Gasteiger partial charge is 0.404 e. The first-order valence-corrected chi connectivity index (χ1v) is 16.4. The molecule has 0 amide bonds. The van der Waals surface area contributed by atoms with E-state index in [2.05, 4.69) is 77.1 Å². The minimum atomic E-state index is -0.674. The van der Waals surface area contributed by atoms with E-state index < -0.39 is 20.2 Å². The molecule has 0 radical (unpaired) electrons. The van der Waals surface area contributed by atoms with Crippen molar-refractivity contribution in [3.05, 3.63) is 82.7 Å². The predicted molar refractivity (Wildman–Crippen MR) is 146 cm³/mol. The second kappa shape index (κ2) is 10.1. The van der Waals surface area contributed by atoms with Crippen LogP contribution in [-0.4, -0.2) is 49.2 Å². The average molecular weight is 552 g/mol. The minimum absolute atomic E-state index is 0.122. The second-order valence-electron chi connectivity index (χ2n) is 8.42. The first-order valence-electron chi connectivity index (χ1n) is 10.7. The maximum atomic E-state index is 14.3. The predicted octanol–water partition coefficient (Wildman–Crippen LogP) is 7.41. The number of benzene rings is 2. The summed E-state index contributed by atoms with van der Waals surface area (Å²) in [6.45, 7) is 6.18. The highest BCUT2D eigenvalue weighted by Crippen LogP contribution is 2.62. The lowest BCUT2D eigenvalue weighted by molar-refractivity contribution is 0.173. The normalized spacial score (nSPS) is 24.7. The van der Waals surface area contributed by atoms with Crippen LogP contribution in [0.4, 0.5) is 4.39 Å². The van der Waals surface area contributed by atoms with Crippen molar-refractivity contribution >= 4 is 55.4 Å². The highest BCUT2D eigenvalue weighted by Gasteiger charge is 2.56. The number of rotatable bonds is 7. The summed E-state index contributed by atoms with van der Waals surface area (Å²) in [5.41, 5.74) is 1.87. The molecule has 2 aromatic carbocycles. The molecule has 5 atom stereocenters. The molecule has 2 aliphatic heterocycles. The van der Waals surface area contributed by atoms with Gasteiger partial charge < -0.3 is 4.74 Å². The third kappa shape index (κ3) is 4.65. The number of fused-ring (bicyclic) bond motifs is 1. The molecular formula is C25H29BrFNOP2S+2. The topological polar surface area (TPSA) is 12.5 Å². The molecule has 2 heterocycles. The number of halogens is 2. The number of piperidine rings is 1. The molecule has 0 aromatic heterocycles. The van der Waals surface area contributed by atoms with Gasteiger partial charge in [-0.1, -0.05) is 64.1 Å². The molecule has 1 fully saturated rings. The summed E-state index contributed by atoms with van der Waals surface area (Å²) in [4.78, 5) is 2.20. The Balaban J connectivity index is 1.55. The van der Waals surface area contributed by atoms with E-state index in [9.17, 15) is 4.39 Å². The van der Waals surface area contributed by atoms with Crippen LogP contribution < -0.4 is 0 Å². The van der Waals surface area contributed by atoms with E-state index in [0.717, 1.165) is 24.6 Å². The van der Waals surface area contributed by atoms with E-state index in [0.29, 0.717) is 16.7 Å². The Hall–Kier alpha value is -0.960. The van der Waals surface area contributed by atoms with Crippen molar-refractivity contribution in [2.24, 2.45) is 5.92 Å². The molecule has 2 nitrogen and oxygen atoms in total. The third-order valence-corrected chi connectivity index (χ3v) is 13.4. The van der Waals surface area contributed by atoms with Gasteiger partial charge in [0.15, 0.2) is 20.2 Å². The Labute approximate surface area is 205 Å². The number of alkyl halides is 1. The molecule has 0 spiro atoms. The van der Waals surface area contributed by atoms with Crippen LogP contribution >= 0.6 is 42.8 Å². The number of likely N-dealkylation sites (tertiary alicyclic amines) is 1. The molecular weight excluding hydrogens is 523 g/mol. The Morgan fingerprint density at radius 3 is 2.44 bits per heavy atom. The Morgan fingerprint density at radius 1 is 1.12 bits per heavy atom. The SMILES string of the molecule is C=[P+](C)C(OC1=CC2CN(C(Br)c3ccccc3F)CCC2S1)(c1ccccc1)[P+](=C)C. The maximum Gasteiger partial charge on any atom is 0.434 e. The van der Waals surface area contributed by atoms with Crippen LogP contribution in [0.2, 0.25) is 0 Å². The molecule has 4 rings (SSSR count). The second-order valence-corrected chi connectivity index (χ2v) is 14.9. The number of thioether (sulfide) groups is 1. The molecule has 2 aliphatic rings. The van der Waals surface area contributed by atoms with Crippen LogP contribution in [0.15, 0.2) is 65.8 Å². The van der Waals surface area contributed by atoms with E-state index in [1.807, 2.05) is 30.0 Å². The van der Waals surface area contributed by atoms with Crippen molar-refractivity contribution in [1.82, 2.24) is 4.90 Å². The van der Waals surface area contributed by atoms with Crippen molar-refractivity contribution < 1.29 is 9.13 Å². The van der Waals surface area contributed by atoms with Crippen LogP contribution in [0.3, 0.4) is 0 Å². The fourth-order valence-electron chi connectivity index (χ4n) is 4.53. The van der Waals surface area contributed by atoms with E-state index in [-0.39, 0.29) is 10.8 Å². The number of hydrogen-bond donors (Lipinski definition) is 0. The van der Waals surface area contributed by atoms with Crippen LogP contribution in [0.5, 0.6) is 0 Å². The van der Waals surface area contributed by atoms with Gasteiger partial charge in [-0.05, 0) is 30.7 Å². The van der Waals surface area contributed by atoms with Gasteiger partial charge in [0.2, 0.25) is 0 Å². The van der Waals surface area contributed by atoms with Crippen molar-refractivity contribution in [3.63, 3.8) is 0 Å². The van der Waals surface area contributed by atoms with Gasteiger partial charge in [-0.3, -0.25) is 4.90 Å². The monoisotopic (exact) mass is 551 g/mol. The molecule has 7 heteroatoms. The summed E-state index contributed by atoms with van der Waals surface area (Å²) in [5.74, 6) is 0.216. The molecule has 0 N–H and O–H groups in total. The summed E-state index contributed by atoms with van der Waals surface area (Å²) in [6, 6.07) is 17.5. The van der Waals surface area contributed by atoms with E-state index >= 15 is 0 Å². The van der Waals surface area contributed by atoms with Crippen molar-refractivity contribution in [1.29, 1.82) is 0 Å². The quantitative estimate of drug-likeness (QED) is 0.202. The highest BCUT2D eigenvalue weighted by molar-refractivity contribution is 9.09. The average Bonchev–Trinajstić information content (AvgIpc) is 3.19. The summed E-state index contributed by atoms with van der Waals surface area (Å²) < 4.78 is 21.2. The minimum Gasteiger partial charge on any atom is -0.404 e. The lowest BCUT2D eigenvalue weighted by atomic mass is 9.97. The summed E-state index contributed by atoms with van der Waals surface area (Å²) in [7, 11) is -1.35. The van der Waals surface area contributed by atoms with Gasteiger partial charge in [0.1, 0.15) is 19.1 Å². The fraction of sp³-hybridized carbons (Fsp3) is 0.360. The zero-order valence-corrected chi connectivity index (χ0v) is 22.6. The number of nitrogens with zero attached hydrogens (tertiary/aromatic N) is 1. The van der Waals surface area contributed by atoms with E-state index in [4.69, 9.17) is 4.74 Å². The van der Waals surface area contributed by atoms with Gasteiger partial charge >= 0.3 is 5.08 Å². The molecule has 168 valence electrons. The highest BCUT2D eigenvalue weighted by atomic mass is 79.9. The summed E-state index contributed by atoms with van der Waals surface area (Å²) in [6.07, 6.45) is 12.2. The van der Waals surface area contributed by atoms with Gasteiger partial charge in [0.05, 0.1) is 23.1 Å². The van der Waals surface area contributed by atoms with Crippen LogP contribution in [0.25, 0.3) is 0 Å². The van der Waals surface area contributed by atoms with Gasteiger partial charge in [-0.2, -0.15) is 0 Å². The number of hydrogen-bond acceptors (Lipinski definition) is 3. The van der Waals surface area contributed by atoms with E-state index in [1.54, 1.807) is 6.07 Å². The Kier molecular flexibility index (Phi) is 7.64. The molecule has 0 saturated carbocycles. The van der Waals surface area contributed by atoms with Crippen molar-refractivity contribution in [2.45, 2.75) is 21.7 Å². The van der Waals surface area contributed by atoms with E-state index in [1.165, 1.54) is 11.6 Å². The largest absolute Gasteiger partial charge is 0.434 e. The van der Waals surface area contributed by atoms with Gasteiger partial charge in [0, 0.05) is 29.8 Å². The third-order valence-electron chi connectivity index (χ3n) is 6.15. The van der Waals surface area contributed by atoms with Gasteiger partial charge in [-0.25, -0.2) is 4.39 Å². The maximum absolute atomic E-state index is 14.3. The summed E-state index contributed by atoms with van der Waals surface area (Å²) >= 11 is 5.60. The molecule has 5 unspecified atom stereocenters. The fourth-order valence-corrected chi connectivity index (χ4v) is 10.7. The van der Waals surface area contributed by atoms with Crippen LogP contribution in [0.1, 0.15) is 22.5 Å². The lowest BCUT2D eigenvalue weighted by Gasteiger charge is -2.37. The first kappa shape index (κ1) is 24.2. The van der Waals surface area contributed by atoms with Gasteiger partial charge in [-0.15, -0.1) is 0 Å². The van der Waals surface area contributed by atoms with Crippen molar-refractivity contribution in [3.8, 4) is 0 Å². The zero-order valence-electron chi connectivity index (χ0n) is 18.5. The van der Waals surface area contributed by atoms with Crippen LogP contribution in [0, 0.1) is 11.7 Å². The lowest BCUT2D eigenvalue weighted by Crippen LogP contribution is -2.40. The molecule has 0 bridgehead atoms. The van der Waals surface area contributed by atoms with Crippen LogP contribution in [-0.2, 0) is 9.82 Å². The number of ether oxygens (including phenoxy) is 1. The molecule has 32 heavy (non-hydrogen) atoms. The summed E-state index contributed by atoms with van der Waals surface area (Å²) in [5, 5.41) is 1.04. The molecule has 1 saturated heterocycles. The standard InChI is InChI=1S/C25H29BrFNOP2S/c1-30(2)25(31(3)4,19-10-6-5-7-11-19)29-23-16-18-17-28(15-14-22(18)32-23)24(26)20-12-8-9-13-21(20)27/h5-13,16,18,22,24H,1,3,14-15,17H2,2,4H3/q+2. The van der Waals surface area contributed by atoms with Gasteiger partial charge in [0.25, 0.3) is 0 Å². The Bertz CT molecular complexity index is 1030.